The van der Waals surface area contributed by atoms with Gasteiger partial charge < -0.3 is 18.9 Å². The van der Waals surface area contributed by atoms with Gasteiger partial charge in [0.25, 0.3) is 0 Å². The van der Waals surface area contributed by atoms with Gasteiger partial charge in [-0.25, -0.2) is 4.57 Å². The molecule has 0 radical (unpaired) electrons. The maximum atomic E-state index is 12.9. The van der Waals surface area contributed by atoms with E-state index < -0.39 is 26.5 Å². The fourth-order valence-electron chi connectivity index (χ4n) is 13.3. The Morgan fingerprint density at radius 1 is 0.317 bits per heavy atom. The van der Waals surface area contributed by atoms with Crippen LogP contribution in [0.2, 0.25) is 0 Å². The highest BCUT2D eigenvalue weighted by Crippen LogP contribution is 2.43. The van der Waals surface area contributed by atoms with Crippen LogP contribution >= 0.6 is 7.82 Å². The number of carbonyl (C=O) groups is 2. The van der Waals surface area contributed by atoms with Crippen molar-refractivity contribution in [3.63, 3.8) is 0 Å². The first-order chi connectivity index (χ1) is 49.5. The molecule has 0 aliphatic carbocycles. The summed E-state index contributed by atoms with van der Waals surface area (Å²) in [6, 6.07) is 0. The van der Waals surface area contributed by atoms with Gasteiger partial charge in [-0.1, -0.05) is 440 Å². The number of likely N-dealkylation sites (N-methyl/N-ethyl adjacent to an activating group) is 1. The maximum Gasteiger partial charge on any atom is 0.472 e. The number of nitrogens with zero attached hydrogens (tertiary/aromatic N) is 1. The van der Waals surface area contributed by atoms with Crippen LogP contribution in [0.5, 0.6) is 0 Å². The van der Waals surface area contributed by atoms with Crippen molar-refractivity contribution in [2.45, 2.75) is 450 Å². The first-order valence-corrected chi connectivity index (χ1v) is 45.7. The lowest BCUT2D eigenvalue weighted by Crippen LogP contribution is -2.37. The number of unbranched alkanes of at least 4 members (excludes halogenated alkanes) is 57. The summed E-state index contributed by atoms with van der Waals surface area (Å²) in [6.45, 7) is 4.40. The summed E-state index contributed by atoms with van der Waals surface area (Å²) < 4.78 is 34.9. The molecule has 0 aliphatic rings. The first-order valence-electron chi connectivity index (χ1n) is 44.2. The van der Waals surface area contributed by atoms with Crippen molar-refractivity contribution < 1.29 is 42.1 Å². The number of allylic oxidation sites excluding steroid dienone is 12. The summed E-state index contributed by atoms with van der Waals surface area (Å²) in [7, 11) is 1.50. The predicted molar refractivity (Wildman–Crippen MR) is 441 cm³/mol. The van der Waals surface area contributed by atoms with Crippen molar-refractivity contribution in [3.8, 4) is 0 Å². The third-order valence-electron chi connectivity index (χ3n) is 20.0. The van der Waals surface area contributed by atoms with Crippen LogP contribution in [0, 0.1) is 0 Å². The van der Waals surface area contributed by atoms with Crippen LogP contribution in [0.15, 0.2) is 72.9 Å². The van der Waals surface area contributed by atoms with E-state index in [1.807, 2.05) is 21.1 Å². The van der Waals surface area contributed by atoms with E-state index in [1.165, 1.54) is 340 Å². The van der Waals surface area contributed by atoms with Crippen molar-refractivity contribution >= 4 is 19.8 Å². The van der Waals surface area contributed by atoms with Crippen LogP contribution in [-0.2, 0) is 32.7 Å². The smallest absolute Gasteiger partial charge is 0.462 e. The van der Waals surface area contributed by atoms with E-state index in [4.69, 9.17) is 18.5 Å². The molecule has 9 nitrogen and oxygen atoms in total. The van der Waals surface area contributed by atoms with E-state index >= 15 is 0 Å². The van der Waals surface area contributed by atoms with Crippen molar-refractivity contribution in [2.24, 2.45) is 0 Å². The van der Waals surface area contributed by atoms with Gasteiger partial charge in [-0.3, -0.25) is 18.6 Å². The Morgan fingerprint density at radius 2 is 0.564 bits per heavy atom. The van der Waals surface area contributed by atoms with Crippen LogP contribution in [0.3, 0.4) is 0 Å². The minimum Gasteiger partial charge on any atom is -0.462 e. The van der Waals surface area contributed by atoms with E-state index in [-0.39, 0.29) is 25.6 Å². The second-order valence-corrected chi connectivity index (χ2v) is 32.7. The summed E-state index contributed by atoms with van der Waals surface area (Å²) in [5.74, 6) is -0.772. The Kier molecular flexibility index (Phi) is 79.5. The summed E-state index contributed by atoms with van der Waals surface area (Å²) >= 11 is 0. The van der Waals surface area contributed by atoms with Crippen molar-refractivity contribution in [1.29, 1.82) is 0 Å². The summed E-state index contributed by atoms with van der Waals surface area (Å²) in [4.78, 5) is 36.1. The molecule has 0 aromatic carbocycles. The molecule has 0 saturated heterocycles. The maximum absolute atomic E-state index is 12.9. The summed E-state index contributed by atoms with van der Waals surface area (Å²) in [6.07, 6.45) is 112. The van der Waals surface area contributed by atoms with E-state index in [1.54, 1.807) is 0 Å². The Balaban J connectivity index is 3.86. The van der Waals surface area contributed by atoms with Gasteiger partial charge in [0, 0.05) is 12.8 Å². The van der Waals surface area contributed by atoms with Gasteiger partial charge in [-0.15, -0.1) is 0 Å². The molecule has 0 fully saturated rings. The lowest BCUT2D eigenvalue weighted by Gasteiger charge is -2.24. The zero-order valence-electron chi connectivity index (χ0n) is 67.9. The molecule has 0 rings (SSSR count). The van der Waals surface area contributed by atoms with Gasteiger partial charge in [0.15, 0.2) is 6.10 Å². The number of hydrogen-bond donors (Lipinski definition) is 1. The van der Waals surface area contributed by atoms with E-state index in [9.17, 15) is 19.0 Å². The number of rotatable bonds is 83. The molecule has 10 heteroatoms. The fourth-order valence-corrected chi connectivity index (χ4v) is 14.1. The van der Waals surface area contributed by atoms with Crippen LogP contribution in [0.25, 0.3) is 0 Å². The third-order valence-corrected chi connectivity index (χ3v) is 21.0. The molecule has 101 heavy (non-hydrogen) atoms. The van der Waals surface area contributed by atoms with Gasteiger partial charge in [0.05, 0.1) is 27.7 Å². The normalized spacial score (nSPS) is 13.3. The number of phosphoric acid groups is 1. The second kappa shape index (κ2) is 81.5. The Hall–Kier alpha value is -2.55. The predicted octanol–water partition coefficient (Wildman–Crippen LogP) is 29.8. The fraction of sp³-hybridized carbons (Fsp3) is 0.846. The topological polar surface area (TPSA) is 108 Å². The number of hydrogen-bond acceptors (Lipinski definition) is 7. The van der Waals surface area contributed by atoms with Gasteiger partial charge >= 0.3 is 19.8 Å². The molecule has 0 heterocycles. The number of ether oxygens (including phenoxy) is 2. The largest absolute Gasteiger partial charge is 0.472 e. The van der Waals surface area contributed by atoms with Crippen LogP contribution < -0.4 is 0 Å². The molecule has 0 bridgehead atoms. The SMILES string of the molecule is CC/C=C\C/C=C\C/C=C\C/C=C\C/C=C\C/C=C\CCCCCCCCCCCCCCCCCCCCCCC(=O)OC(COC(=O)CCCCCCCCCCCCCCCCCCCCCCCCCCCCCCCCCCCCCCCC)COP(=O)(O)OCC[N+](C)(C)C. The van der Waals surface area contributed by atoms with Gasteiger partial charge in [0.1, 0.15) is 19.8 Å². The first kappa shape index (κ1) is 98.5. The highest BCUT2D eigenvalue weighted by Gasteiger charge is 2.27. The molecule has 0 aromatic heterocycles. The molecule has 1 N–H and O–H groups in total. The molecule has 0 spiro atoms. The quantitative estimate of drug-likeness (QED) is 0.0211. The Bertz CT molecular complexity index is 1940. The average molecular weight is 1440 g/mol. The Morgan fingerprint density at radius 3 is 0.842 bits per heavy atom. The molecule has 0 amide bonds. The molecular weight excluding hydrogens is 1270 g/mol. The monoisotopic (exact) mass is 1440 g/mol. The van der Waals surface area contributed by atoms with Crippen LogP contribution in [-0.4, -0.2) is 74.9 Å². The third kappa shape index (κ3) is 86.3. The second-order valence-electron chi connectivity index (χ2n) is 31.3. The standard InChI is InChI=1S/C91H170NO8P/c1-6-8-10-12-14-16-18-20-22-24-26-28-30-32-34-36-38-40-42-44-46-48-50-52-54-56-58-60-62-64-66-68-70-72-74-76-78-80-82-84-91(94)100-89(88-99-101(95,96)98-86-85-92(3,4)5)87-97-90(93)83-81-79-77-75-73-71-69-67-65-63-61-59-57-55-53-51-49-47-45-43-41-39-37-35-33-31-29-27-25-23-21-19-17-15-13-11-9-7-2/h8,10,14,16,20,22,26,28,32,34,38,40,89H,6-7,9,11-13,15,17-19,21,23-25,27,29-31,33,35-37,39,41-88H2,1-5H3/p+1/b10-8-,16-14-,22-20-,28-26-,34-32-,40-38-. The molecule has 0 aromatic rings. The lowest BCUT2D eigenvalue weighted by molar-refractivity contribution is -0.870. The van der Waals surface area contributed by atoms with Gasteiger partial charge in [-0.05, 0) is 64.2 Å². The highest BCUT2D eigenvalue weighted by atomic mass is 31.2. The molecule has 592 valence electrons. The summed E-state index contributed by atoms with van der Waals surface area (Å²) in [5, 5.41) is 0. The van der Waals surface area contributed by atoms with Crippen LogP contribution in [0.1, 0.15) is 444 Å². The average Bonchev–Trinajstić information content (AvgIpc) is 0.973. The molecule has 0 saturated carbocycles. The summed E-state index contributed by atoms with van der Waals surface area (Å²) in [5.41, 5.74) is 0. The zero-order valence-corrected chi connectivity index (χ0v) is 68.8. The number of carbonyl (C=O) groups excluding carboxylic acids is 2. The molecule has 2 unspecified atom stereocenters. The molecule has 0 aliphatic heterocycles. The minimum absolute atomic E-state index is 0.0338. The van der Waals surface area contributed by atoms with Gasteiger partial charge in [-0.2, -0.15) is 0 Å². The zero-order chi connectivity index (χ0) is 73.3. The van der Waals surface area contributed by atoms with E-state index in [0.29, 0.717) is 23.9 Å². The Labute approximate surface area is 629 Å². The number of esters is 2. The number of phosphoric ester groups is 1. The van der Waals surface area contributed by atoms with E-state index in [0.717, 1.165) is 70.6 Å². The van der Waals surface area contributed by atoms with E-state index in [2.05, 4.69) is 86.8 Å². The number of quaternary nitrogens is 1. The van der Waals surface area contributed by atoms with Crippen molar-refractivity contribution in [3.05, 3.63) is 72.9 Å². The molecular formula is C91H171NO8P+. The van der Waals surface area contributed by atoms with Crippen molar-refractivity contribution in [2.75, 3.05) is 47.5 Å². The molecule has 2 atom stereocenters. The van der Waals surface area contributed by atoms with Gasteiger partial charge in [0.2, 0.25) is 0 Å². The van der Waals surface area contributed by atoms with Crippen LogP contribution in [0.4, 0.5) is 0 Å². The van der Waals surface area contributed by atoms with Crippen molar-refractivity contribution in [1.82, 2.24) is 0 Å². The highest BCUT2D eigenvalue weighted by molar-refractivity contribution is 7.47. The lowest BCUT2D eigenvalue weighted by atomic mass is 10.0. The minimum atomic E-state index is -4.40.